The van der Waals surface area contributed by atoms with Crippen molar-refractivity contribution in [2.75, 3.05) is 43.4 Å². The number of carbonyl (C=O) groups is 1. The monoisotopic (exact) mass is 428 g/mol. The van der Waals surface area contributed by atoms with E-state index in [0.717, 1.165) is 54.2 Å². The topological polar surface area (TPSA) is 92.1 Å². The zero-order chi connectivity index (χ0) is 22.1. The molecule has 0 radical (unpaired) electrons. The first kappa shape index (κ1) is 20.1. The third-order valence-electron chi connectivity index (χ3n) is 5.65. The molecule has 0 bridgehead atoms. The number of nitrogens with one attached hydrogen (secondary N) is 1. The summed E-state index contributed by atoms with van der Waals surface area (Å²) in [5.41, 5.74) is 2.99. The zero-order valence-corrected chi connectivity index (χ0v) is 18.1. The van der Waals surface area contributed by atoms with Gasteiger partial charge in [0.2, 0.25) is 0 Å². The SMILES string of the molecule is CN1CCN(c2ccc(C(=O)Nc3cc4nc(-c5cnn(C)c5)ccc4cn3)cn2)CC1. The maximum absolute atomic E-state index is 12.7. The van der Waals surface area contributed by atoms with E-state index in [1.165, 1.54) is 0 Å². The number of rotatable bonds is 4. The molecular formula is C23H24N8O. The zero-order valence-electron chi connectivity index (χ0n) is 18.1. The highest BCUT2D eigenvalue weighted by atomic mass is 16.1. The van der Waals surface area contributed by atoms with Crippen LogP contribution in [0.4, 0.5) is 11.6 Å². The number of piperazine rings is 1. The maximum atomic E-state index is 12.7. The predicted octanol–water partition coefficient (Wildman–Crippen LogP) is 2.43. The van der Waals surface area contributed by atoms with Crippen LogP contribution >= 0.6 is 0 Å². The molecule has 1 aliphatic heterocycles. The summed E-state index contributed by atoms with van der Waals surface area (Å²) < 4.78 is 1.74. The van der Waals surface area contributed by atoms with Gasteiger partial charge in [0, 0.05) is 68.8 Å². The van der Waals surface area contributed by atoms with Crippen LogP contribution in [0.3, 0.4) is 0 Å². The smallest absolute Gasteiger partial charge is 0.258 e. The van der Waals surface area contributed by atoms with Gasteiger partial charge in [-0.1, -0.05) is 0 Å². The first-order valence-electron chi connectivity index (χ1n) is 10.5. The highest BCUT2D eigenvalue weighted by molar-refractivity contribution is 6.04. The molecule has 1 saturated heterocycles. The summed E-state index contributed by atoms with van der Waals surface area (Å²) in [4.78, 5) is 30.8. The van der Waals surface area contributed by atoms with Crippen LogP contribution in [0.5, 0.6) is 0 Å². The summed E-state index contributed by atoms with van der Waals surface area (Å²) in [6.45, 7) is 3.89. The van der Waals surface area contributed by atoms with Crippen molar-refractivity contribution >= 4 is 28.4 Å². The van der Waals surface area contributed by atoms with E-state index < -0.39 is 0 Å². The average molecular weight is 429 g/mol. The number of nitrogens with zero attached hydrogens (tertiary/aromatic N) is 7. The minimum atomic E-state index is -0.252. The minimum Gasteiger partial charge on any atom is -0.354 e. The number of carbonyl (C=O) groups excluding carboxylic acids is 1. The fraction of sp³-hybridized carbons (Fsp3) is 0.261. The fourth-order valence-electron chi connectivity index (χ4n) is 3.73. The Labute approximate surface area is 185 Å². The van der Waals surface area contributed by atoms with Gasteiger partial charge >= 0.3 is 0 Å². The van der Waals surface area contributed by atoms with E-state index in [0.29, 0.717) is 11.4 Å². The Kier molecular flexibility index (Phi) is 5.24. The van der Waals surface area contributed by atoms with Gasteiger partial charge < -0.3 is 15.1 Å². The van der Waals surface area contributed by atoms with Gasteiger partial charge in [-0.05, 0) is 31.3 Å². The predicted molar refractivity (Wildman–Crippen MR) is 124 cm³/mol. The molecule has 162 valence electrons. The lowest BCUT2D eigenvalue weighted by Gasteiger charge is -2.33. The van der Waals surface area contributed by atoms with E-state index >= 15 is 0 Å². The quantitative estimate of drug-likeness (QED) is 0.534. The van der Waals surface area contributed by atoms with E-state index in [1.807, 2.05) is 31.4 Å². The van der Waals surface area contributed by atoms with E-state index in [9.17, 15) is 4.79 Å². The maximum Gasteiger partial charge on any atom is 0.258 e. The van der Waals surface area contributed by atoms with Crippen molar-refractivity contribution in [2.45, 2.75) is 0 Å². The Morgan fingerprint density at radius 2 is 1.81 bits per heavy atom. The Bertz CT molecular complexity index is 1260. The lowest BCUT2D eigenvalue weighted by molar-refractivity contribution is 0.102. The van der Waals surface area contributed by atoms with Crippen molar-refractivity contribution in [2.24, 2.45) is 7.05 Å². The van der Waals surface area contributed by atoms with Gasteiger partial charge in [0.25, 0.3) is 5.91 Å². The number of pyridine rings is 3. The average Bonchev–Trinajstić information content (AvgIpc) is 3.25. The van der Waals surface area contributed by atoms with Crippen LogP contribution in [0.15, 0.2) is 55.1 Å². The van der Waals surface area contributed by atoms with Crippen LogP contribution in [-0.4, -0.2) is 68.8 Å². The Morgan fingerprint density at radius 3 is 2.53 bits per heavy atom. The van der Waals surface area contributed by atoms with Crippen LogP contribution in [0.2, 0.25) is 0 Å². The van der Waals surface area contributed by atoms with Gasteiger partial charge in [0.15, 0.2) is 0 Å². The van der Waals surface area contributed by atoms with Gasteiger partial charge in [-0.3, -0.25) is 9.48 Å². The highest BCUT2D eigenvalue weighted by Gasteiger charge is 2.16. The molecule has 0 aromatic carbocycles. The number of hydrogen-bond donors (Lipinski definition) is 1. The third kappa shape index (κ3) is 4.15. The van der Waals surface area contributed by atoms with Crippen LogP contribution in [-0.2, 0) is 7.05 Å². The molecule has 5 rings (SSSR count). The lowest BCUT2D eigenvalue weighted by atomic mass is 10.2. The van der Waals surface area contributed by atoms with Crippen molar-refractivity contribution < 1.29 is 4.79 Å². The second kappa shape index (κ2) is 8.35. The molecule has 9 nitrogen and oxygen atoms in total. The molecule has 4 aromatic rings. The van der Waals surface area contributed by atoms with E-state index in [4.69, 9.17) is 4.98 Å². The highest BCUT2D eigenvalue weighted by Crippen LogP contribution is 2.22. The van der Waals surface area contributed by atoms with Crippen molar-refractivity contribution in [3.63, 3.8) is 0 Å². The number of hydrogen-bond acceptors (Lipinski definition) is 7. The molecule has 1 fully saturated rings. The molecule has 1 N–H and O–H groups in total. The molecule has 0 unspecified atom stereocenters. The summed E-state index contributed by atoms with van der Waals surface area (Å²) in [5, 5.41) is 7.95. The molecule has 1 amide bonds. The Morgan fingerprint density at radius 1 is 0.969 bits per heavy atom. The van der Waals surface area contributed by atoms with Crippen molar-refractivity contribution in [3.8, 4) is 11.3 Å². The molecular weight excluding hydrogens is 404 g/mol. The van der Waals surface area contributed by atoms with Gasteiger partial charge in [0.1, 0.15) is 11.6 Å². The second-order valence-corrected chi connectivity index (χ2v) is 8.01. The largest absolute Gasteiger partial charge is 0.354 e. The molecule has 0 atom stereocenters. The summed E-state index contributed by atoms with van der Waals surface area (Å²) in [5.74, 6) is 1.09. The lowest BCUT2D eigenvalue weighted by Crippen LogP contribution is -2.44. The number of anilines is 2. The summed E-state index contributed by atoms with van der Waals surface area (Å²) in [6.07, 6.45) is 7.01. The third-order valence-corrected chi connectivity index (χ3v) is 5.65. The van der Waals surface area contributed by atoms with Crippen molar-refractivity contribution in [3.05, 3.63) is 60.7 Å². The standard InChI is InChI=1S/C23H24N8O/c1-29-7-9-31(10-8-29)22-6-4-17(13-25-22)23(32)28-21-11-20-16(12-24-21)3-5-19(27-20)18-14-26-30(2)15-18/h3-6,11-15H,7-10H2,1-2H3,(H,24,28,32). The normalized spacial score (nSPS) is 14.6. The minimum absolute atomic E-state index is 0.252. The van der Waals surface area contributed by atoms with Gasteiger partial charge in [-0.2, -0.15) is 5.10 Å². The van der Waals surface area contributed by atoms with E-state index in [1.54, 1.807) is 35.4 Å². The molecule has 0 saturated carbocycles. The van der Waals surface area contributed by atoms with Crippen LogP contribution in [0, 0.1) is 0 Å². The summed E-state index contributed by atoms with van der Waals surface area (Å²) in [6, 6.07) is 9.38. The fourth-order valence-corrected chi connectivity index (χ4v) is 3.73. The van der Waals surface area contributed by atoms with Crippen LogP contribution < -0.4 is 10.2 Å². The summed E-state index contributed by atoms with van der Waals surface area (Å²) in [7, 11) is 3.99. The Balaban J connectivity index is 1.31. The van der Waals surface area contributed by atoms with E-state index in [2.05, 4.69) is 37.2 Å². The Hall–Kier alpha value is -3.85. The van der Waals surface area contributed by atoms with E-state index in [-0.39, 0.29) is 5.91 Å². The number of aryl methyl sites for hydroxylation is 1. The number of fused-ring (bicyclic) bond motifs is 1. The van der Waals surface area contributed by atoms with Gasteiger partial charge in [-0.25, -0.2) is 15.0 Å². The number of amides is 1. The molecule has 1 aliphatic rings. The number of likely N-dealkylation sites (N-methyl/N-ethyl adjacent to an activating group) is 1. The first-order valence-corrected chi connectivity index (χ1v) is 10.5. The van der Waals surface area contributed by atoms with Crippen molar-refractivity contribution in [1.82, 2.24) is 29.6 Å². The molecule has 9 heteroatoms. The first-order chi connectivity index (χ1) is 15.5. The molecule has 0 spiro atoms. The van der Waals surface area contributed by atoms with Crippen molar-refractivity contribution in [1.29, 1.82) is 0 Å². The number of aromatic nitrogens is 5. The molecule has 4 aromatic heterocycles. The molecule has 5 heterocycles. The second-order valence-electron chi connectivity index (χ2n) is 8.01. The van der Waals surface area contributed by atoms with Crippen LogP contribution in [0.1, 0.15) is 10.4 Å². The van der Waals surface area contributed by atoms with Crippen LogP contribution in [0.25, 0.3) is 22.2 Å². The molecule has 0 aliphatic carbocycles. The van der Waals surface area contributed by atoms with Gasteiger partial charge in [-0.15, -0.1) is 0 Å². The van der Waals surface area contributed by atoms with Gasteiger partial charge in [0.05, 0.1) is 23.0 Å². The summed E-state index contributed by atoms with van der Waals surface area (Å²) >= 11 is 0. The molecule has 32 heavy (non-hydrogen) atoms.